The second-order valence-corrected chi connectivity index (χ2v) is 12.4. The molecule has 4 unspecified atom stereocenters. The first-order valence-electron chi connectivity index (χ1n) is 13.3. The molecule has 0 saturated heterocycles. The first-order valence-corrected chi connectivity index (χ1v) is 13.3. The van der Waals surface area contributed by atoms with Gasteiger partial charge in [-0.2, -0.15) is 9.13 Å². The lowest BCUT2D eigenvalue weighted by atomic mass is 9.48. The van der Waals surface area contributed by atoms with Crippen LogP contribution in [0.5, 0.6) is 0 Å². The molecule has 0 radical (unpaired) electrons. The van der Waals surface area contributed by atoms with Gasteiger partial charge in [-0.25, -0.2) is 0 Å². The minimum atomic E-state index is -0.107. The fraction of sp³-hybridized carbons (Fsp3) is 0.394. The molecule has 1 spiro atoms. The summed E-state index contributed by atoms with van der Waals surface area (Å²) >= 11 is 0. The predicted molar refractivity (Wildman–Crippen MR) is 145 cm³/mol. The van der Waals surface area contributed by atoms with E-state index >= 15 is 0 Å². The first kappa shape index (κ1) is 23.2. The van der Waals surface area contributed by atoms with Crippen molar-refractivity contribution in [2.75, 3.05) is 0 Å². The topological polar surface area (TPSA) is 28.0 Å². The highest BCUT2D eigenvalue weighted by Crippen LogP contribution is 2.64. The van der Waals surface area contributed by atoms with Crippen molar-refractivity contribution in [3.63, 3.8) is 0 Å². The molecule has 184 valence electrons. The van der Waals surface area contributed by atoms with E-state index in [4.69, 9.17) is 0 Å². The van der Waals surface area contributed by atoms with E-state index in [0.29, 0.717) is 17.9 Å². The molecule has 1 aromatic carbocycles. The van der Waals surface area contributed by atoms with Gasteiger partial charge in [0.15, 0.2) is 24.0 Å². The van der Waals surface area contributed by atoms with Gasteiger partial charge < -0.3 is 5.11 Å². The highest BCUT2D eigenvalue weighted by molar-refractivity contribution is 5.66. The maximum Gasteiger partial charge on any atom is 0.213 e. The van der Waals surface area contributed by atoms with Crippen molar-refractivity contribution >= 4 is 5.57 Å². The lowest BCUT2D eigenvalue weighted by molar-refractivity contribution is -0.845. The summed E-state index contributed by atoms with van der Waals surface area (Å²) in [6, 6.07) is 16.2. The average Bonchev–Trinajstić information content (AvgIpc) is 2.82. The van der Waals surface area contributed by atoms with Crippen molar-refractivity contribution in [2.45, 2.75) is 71.4 Å². The Labute approximate surface area is 215 Å². The molecule has 0 amide bonds. The van der Waals surface area contributed by atoms with Gasteiger partial charge in [-0.05, 0) is 55.4 Å². The number of aliphatic hydroxyl groups excluding tert-OH is 1. The number of pyridine rings is 2. The van der Waals surface area contributed by atoms with Gasteiger partial charge in [-0.1, -0.05) is 45.0 Å². The number of aliphatic hydroxyl groups is 1. The van der Waals surface area contributed by atoms with Gasteiger partial charge in [0.2, 0.25) is 11.4 Å². The second-order valence-electron chi connectivity index (χ2n) is 12.4. The van der Waals surface area contributed by atoms with E-state index in [1.807, 2.05) is 0 Å². The molecule has 3 aliphatic rings. The fourth-order valence-electron chi connectivity index (χ4n) is 7.52. The zero-order valence-electron chi connectivity index (χ0n) is 22.3. The van der Waals surface area contributed by atoms with Gasteiger partial charge >= 0.3 is 0 Å². The quantitative estimate of drug-likeness (QED) is 0.248. The number of fused-ring (bicyclic) bond motifs is 9. The van der Waals surface area contributed by atoms with E-state index in [1.54, 1.807) is 0 Å². The van der Waals surface area contributed by atoms with Crippen LogP contribution in [-0.2, 0) is 12.0 Å². The van der Waals surface area contributed by atoms with Crippen LogP contribution in [0.4, 0.5) is 0 Å². The minimum absolute atomic E-state index is 0.107. The molecule has 1 aliphatic carbocycles. The first-order chi connectivity index (χ1) is 17.2. The lowest BCUT2D eigenvalue weighted by Crippen LogP contribution is -2.79. The Balaban J connectivity index is 1.60. The summed E-state index contributed by atoms with van der Waals surface area (Å²) in [7, 11) is 0. The van der Waals surface area contributed by atoms with Crippen LogP contribution in [0, 0.1) is 25.2 Å². The maximum atomic E-state index is 10.3. The van der Waals surface area contributed by atoms with Crippen molar-refractivity contribution in [1.82, 2.24) is 0 Å². The molecule has 4 atom stereocenters. The van der Waals surface area contributed by atoms with Gasteiger partial charge in [0.25, 0.3) is 0 Å². The Morgan fingerprint density at radius 2 is 1.86 bits per heavy atom. The number of rotatable bonds is 2. The van der Waals surface area contributed by atoms with Crippen LogP contribution in [0.15, 0.2) is 73.8 Å². The third-order valence-corrected chi connectivity index (χ3v) is 8.95. The van der Waals surface area contributed by atoms with E-state index < -0.39 is 0 Å². The standard InChI is InChI=1S/C33H37N2O/c1-7-27-31-30(26-11-9-8-10-25(26)28-13-12-21(2)18-34(28)31)33(27)15-14-23(20-36)29-16-24(17-32(4,5)6)22(3)19-35(29)33/h7-13,16,18-20,27,30-31H,1,14-15,17H2,2-6H3/q+1/p+1. The summed E-state index contributed by atoms with van der Waals surface area (Å²) in [4.78, 5) is 0. The molecule has 1 fully saturated rings. The van der Waals surface area contributed by atoms with Crippen LogP contribution >= 0.6 is 0 Å². The Bertz CT molecular complexity index is 1430. The van der Waals surface area contributed by atoms with Crippen molar-refractivity contribution in [1.29, 1.82) is 0 Å². The number of benzene rings is 1. The summed E-state index contributed by atoms with van der Waals surface area (Å²) in [5, 5.41) is 10.3. The summed E-state index contributed by atoms with van der Waals surface area (Å²) in [6.07, 6.45) is 11.1. The number of nitrogens with zero attached hydrogens (tertiary/aromatic N) is 2. The number of aryl methyl sites for hydroxylation is 2. The predicted octanol–water partition coefficient (Wildman–Crippen LogP) is 6.68. The summed E-state index contributed by atoms with van der Waals surface area (Å²) < 4.78 is 5.06. The molecule has 3 nitrogen and oxygen atoms in total. The van der Waals surface area contributed by atoms with Gasteiger partial charge in [0.1, 0.15) is 11.8 Å². The monoisotopic (exact) mass is 478 g/mol. The van der Waals surface area contributed by atoms with E-state index in [9.17, 15) is 5.11 Å². The minimum Gasteiger partial charge on any atom is -0.515 e. The SMILES string of the molecule is C=CC1C2C(c3ccccc3-c3ccc(C)c[n+]32)C12CC/C(=C/O)c1cc(CC(C)(C)C)c(C)c[n+]12. The molecule has 3 aromatic rings. The van der Waals surface area contributed by atoms with E-state index in [0.717, 1.165) is 30.5 Å². The summed E-state index contributed by atoms with van der Waals surface area (Å²) in [5.41, 5.74) is 10.4. The number of hydrogen-bond acceptors (Lipinski definition) is 1. The van der Waals surface area contributed by atoms with Crippen molar-refractivity contribution in [2.24, 2.45) is 11.3 Å². The summed E-state index contributed by atoms with van der Waals surface area (Å²) in [5.74, 6) is 0.631. The molecule has 6 rings (SSSR count). The van der Waals surface area contributed by atoms with Crippen LogP contribution in [0.1, 0.15) is 73.5 Å². The number of allylic oxidation sites excluding steroid dienone is 2. The molecule has 4 heterocycles. The van der Waals surface area contributed by atoms with Crippen molar-refractivity contribution in [3.05, 3.63) is 102 Å². The molecule has 2 aromatic heterocycles. The van der Waals surface area contributed by atoms with Gasteiger partial charge in [-0.15, -0.1) is 6.58 Å². The van der Waals surface area contributed by atoms with Crippen LogP contribution in [0.2, 0.25) is 0 Å². The molecular formula is C33H38N2O+2. The number of hydrogen-bond donors (Lipinski definition) is 1. The Morgan fingerprint density at radius 3 is 2.58 bits per heavy atom. The zero-order chi connectivity index (χ0) is 25.4. The second kappa shape index (κ2) is 7.90. The largest absolute Gasteiger partial charge is 0.515 e. The molecule has 3 heteroatoms. The number of aromatic nitrogens is 2. The highest BCUT2D eigenvalue weighted by atomic mass is 16.2. The normalized spacial score (nSPS) is 27.0. The smallest absolute Gasteiger partial charge is 0.213 e. The molecule has 1 N–H and O–H groups in total. The average molecular weight is 479 g/mol. The lowest BCUT2D eigenvalue weighted by Gasteiger charge is -2.56. The Morgan fingerprint density at radius 1 is 1.08 bits per heavy atom. The zero-order valence-corrected chi connectivity index (χ0v) is 22.3. The van der Waals surface area contributed by atoms with Crippen LogP contribution in [0.25, 0.3) is 16.8 Å². The van der Waals surface area contributed by atoms with Crippen molar-refractivity contribution < 1.29 is 14.2 Å². The highest BCUT2D eigenvalue weighted by Gasteiger charge is 2.75. The Hall–Kier alpha value is -3.20. The molecular weight excluding hydrogens is 440 g/mol. The molecule has 0 bridgehead atoms. The van der Waals surface area contributed by atoms with E-state index in [1.165, 1.54) is 39.8 Å². The van der Waals surface area contributed by atoms with Crippen molar-refractivity contribution in [3.8, 4) is 11.3 Å². The van der Waals surface area contributed by atoms with E-state index in [2.05, 4.69) is 111 Å². The molecule has 2 aliphatic heterocycles. The van der Waals surface area contributed by atoms with Gasteiger partial charge in [-0.3, -0.25) is 0 Å². The molecule has 36 heavy (non-hydrogen) atoms. The Kier molecular flexibility index (Phi) is 5.09. The fourth-order valence-corrected chi connectivity index (χ4v) is 7.52. The third kappa shape index (κ3) is 3.11. The molecule has 1 saturated carbocycles. The van der Waals surface area contributed by atoms with Crippen LogP contribution < -0.4 is 9.13 Å². The van der Waals surface area contributed by atoms with Crippen LogP contribution in [-0.4, -0.2) is 5.11 Å². The van der Waals surface area contributed by atoms with Crippen LogP contribution in [0.3, 0.4) is 0 Å². The third-order valence-electron chi connectivity index (χ3n) is 8.95. The summed E-state index contributed by atoms with van der Waals surface area (Å²) in [6.45, 7) is 15.7. The maximum absolute atomic E-state index is 10.3. The van der Waals surface area contributed by atoms with E-state index in [-0.39, 0.29) is 11.0 Å². The van der Waals surface area contributed by atoms with Gasteiger partial charge in [0, 0.05) is 29.7 Å². The van der Waals surface area contributed by atoms with Gasteiger partial charge in [0.05, 0.1) is 17.4 Å².